The van der Waals surface area contributed by atoms with Crippen molar-refractivity contribution >= 4 is 0 Å². The van der Waals surface area contributed by atoms with Crippen LogP contribution < -0.4 is 5.43 Å². The van der Waals surface area contributed by atoms with Crippen molar-refractivity contribution in [3.05, 3.63) is 40.5 Å². The van der Waals surface area contributed by atoms with Crippen molar-refractivity contribution in [1.29, 1.82) is 0 Å². The molecule has 2 aromatic heterocycles. The zero-order valence-corrected chi connectivity index (χ0v) is 12.8. The molecule has 0 saturated heterocycles. The standard InChI is InChI=1S/C15H24N4/c1-7-18-14(6)15(12(4)16-18)13(5)17-19-10(2)8-9-11(19)3/h8-9,13,17H,7H2,1-6H3. The number of rotatable bonds is 4. The van der Waals surface area contributed by atoms with Crippen molar-refractivity contribution in [3.63, 3.8) is 0 Å². The maximum atomic E-state index is 4.59. The molecule has 1 unspecified atom stereocenters. The first-order valence-electron chi connectivity index (χ1n) is 6.91. The molecular weight excluding hydrogens is 236 g/mol. The topological polar surface area (TPSA) is 34.8 Å². The van der Waals surface area contributed by atoms with Gasteiger partial charge in [0.15, 0.2) is 0 Å². The summed E-state index contributed by atoms with van der Waals surface area (Å²) >= 11 is 0. The third kappa shape index (κ3) is 2.39. The molecule has 0 aromatic carbocycles. The van der Waals surface area contributed by atoms with Crippen LogP contribution in [0.1, 0.15) is 48.2 Å². The van der Waals surface area contributed by atoms with Crippen LogP contribution in [0.5, 0.6) is 0 Å². The Morgan fingerprint density at radius 2 is 1.74 bits per heavy atom. The molecule has 0 amide bonds. The van der Waals surface area contributed by atoms with Gasteiger partial charge >= 0.3 is 0 Å². The van der Waals surface area contributed by atoms with E-state index in [1.54, 1.807) is 0 Å². The molecular formula is C15H24N4. The quantitative estimate of drug-likeness (QED) is 0.916. The average Bonchev–Trinajstić information content (AvgIpc) is 2.82. The highest BCUT2D eigenvalue weighted by Crippen LogP contribution is 2.23. The van der Waals surface area contributed by atoms with Crippen LogP contribution in [-0.2, 0) is 6.54 Å². The molecule has 0 radical (unpaired) electrons. The Hall–Kier alpha value is -1.71. The molecule has 0 aliphatic rings. The summed E-state index contributed by atoms with van der Waals surface area (Å²) in [7, 11) is 0. The SMILES string of the molecule is CCn1nc(C)c(C(C)Nn2c(C)ccc2C)c1C. The number of nitrogens with zero attached hydrogens (tertiary/aromatic N) is 3. The van der Waals surface area contributed by atoms with Gasteiger partial charge in [-0.15, -0.1) is 0 Å². The molecule has 0 spiro atoms. The average molecular weight is 260 g/mol. The minimum Gasteiger partial charge on any atom is -0.319 e. The minimum atomic E-state index is 0.241. The first kappa shape index (κ1) is 13.7. The molecule has 2 aromatic rings. The van der Waals surface area contributed by atoms with Gasteiger partial charge < -0.3 is 5.43 Å². The molecule has 0 bridgehead atoms. The Morgan fingerprint density at radius 1 is 1.16 bits per heavy atom. The van der Waals surface area contributed by atoms with Crippen LogP contribution >= 0.6 is 0 Å². The third-order valence-corrected chi connectivity index (χ3v) is 3.76. The molecule has 1 N–H and O–H groups in total. The smallest absolute Gasteiger partial charge is 0.0681 e. The summed E-state index contributed by atoms with van der Waals surface area (Å²) in [5.74, 6) is 0. The van der Waals surface area contributed by atoms with Gasteiger partial charge in [0.25, 0.3) is 0 Å². The molecule has 19 heavy (non-hydrogen) atoms. The predicted molar refractivity (Wildman–Crippen MR) is 79.1 cm³/mol. The van der Waals surface area contributed by atoms with Crippen LogP contribution in [0.15, 0.2) is 12.1 Å². The fraction of sp³-hybridized carbons (Fsp3) is 0.533. The second-order valence-corrected chi connectivity index (χ2v) is 5.20. The van der Waals surface area contributed by atoms with Gasteiger partial charge in [-0.05, 0) is 53.7 Å². The number of aromatic nitrogens is 3. The van der Waals surface area contributed by atoms with Gasteiger partial charge in [0.2, 0.25) is 0 Å². The van der Waals surface area contributed by atoms with E-state index in [-0.39, 0.29) is 6.04 Å². The lowest BCUT2D eigenvalue weighted by atomic mass is 10.1. The monoisotopic (exact) mass is 260 g/mol. The molecule has 1 atom stereocenters. The van der Waals surface area contributed by atoms with Gasteiger partial charge in [0.05, 0.1) is 11.7 Å². The lowest BCUT2D eigenvalue weighted by Crippen LogP contribution is -2.21. The highest BCUT2D eigenvalue weighted by Gasteiger charge is 2.17. The second-order valence-electron chi connectivity index (χ2n) is 5.20. The molecule has 0 fully saturated rings. The van der Waals surface area contributed by atoms with Crippen LogP contribution in [0, 0.1) is 27.7 Å². The van der Waals surface area contributed by atoms with E-state index in [1.807, 2.05) is 0 Å². The number of nitrogens with one attached hydrogen (secondary N) is 1. The maximum Gasteiger partial charge on any atom is 0.0681 e. The largest absolute Gasteiger partial charge is 0.319 e. The molecule has 2 heterocycles. The minimum absolute atomic E-state index is 0.241. The summed E-state index contributed by atoms with van der Waals surface area (Å²) in [5.41, 5.74) is 9.67. The third-order valence-electron chi connectivity index (χ3n) is 3.76. The lowest BCUT2D eigenvalue weighted by molar-refractivity contribution is 0.630. The summed E-state index contributed by atoms with van der Waals surface area (Å²) in [6.07, 6.45) is 0. The van der Waals surface area contributed by atoms with Crippen molar-refractivity contribution in [2.75, 3.05) is 5.43 Å². The van der Waals surface area contributed by atoms with Crippen molar-refractivity contribution in [1.82, 2.24) is 14.5 Å². The Bertz CT molecular complexity index is 558. The van der Waals surface area contributed by atoms with Gasteiger partial charge in [-0.1, -0.05) is 0 Å². The summed E-state index contributed by atoms with van der Waals surface area (Å²) < 4.78 is 4.21. The highest BCUT2D eigenvalue weighted by atomic mass is 15.4. The van der Waals surface area contributed by atoms with Crippen molar-refractivity contribution in [2.24, 2.45) is 0 Å². The van der Waals surface area contributed by atoms with E-state index in [4.69, 9.17) is 0 Å². The highest BCUT2D eigenvalue weighted by molar-refractivity contribution is 5.30. The normalized spacial score (nSPS) is 12.7. The zero-order chi connectivity index (χ0) is 14.2. The van der Waals surface area contributed by atoms with E-state index in [0.29, 0.717) is 0 Å². The number of hydrogen-bond acceptors (Lipinski definition) is 2. The first-order chi connectivity index (χ1) is 8.95. The van der Waals surface area contributed by atoms with E-state index in [9.17, 15) is 0 Å². The Balaban J connectivity index is 2.30. The van der Waals surface area contributed by atoms with E-state index in [1.165, 1.54) is 22.6 Å². The lowest BCUT2D eigenvalue weighted by Gasteiger charge is -2.20. The van der Waals surface area contributed by atoms with Gasteiger partial charge in [-0.2, -0.15) is 5.10 Å². The molecule has 0 aliphatic carbocycles. The molecule has 2 rings (SSSR count). The zero-order valence-electron chi connectivity index (χ0n) is 12.8. The van der Waals surface area contributed by atoms with Crippen LogP contribution in [0.3, 0.4) is 0 Å². The van der Waals surface area contributed by atoms with Crippen LogP contribution in [-0.4, -0.2) is 14.5 Å². The van der Waals surface area contributed by atoms with Crippen molar-refractivity contribution in [3.8, 4) is 0 Å². The second kappa shape index (κ2) is 5.11. The van der Waals surface area contributed by atoms with Gasteiger partial charge in [-0.3, -0.25) is 9.36 Å². The van der Waals surface area contributed by atoms with Crippen LogP contribution in [0.4, 0.5) is 0 Å². The van der Waals surface area contributed by atoms with Gasteiger partial charge in [0, 0.05) is 29.2 Å². The molecule has 4 nitrogen and oxygen atoms in total. The van der Waals surface area contributed by atoms with Crippen molar-refractivity contribution < 1.29 is 0 Å². The Kier molecular flexibility index (Phi) is 3.69. The Morgan fingerprint density at radius 3 is 2.21 bits per heavy atom. The Labute approximate surface area is 115 Å². The number of aryl methyl sites for hydroxylation is 4. The fourth-order valence-corrected chi connectivity index (χ4v) is 2.78. The molecule has 104 valence electrons. The predicted octanol–water partition coefficient (Wildman–Crippen LogP) is 3.24. The maximum absolute atomic E-state index is 4.59. The van der Waals surface area contributed by atoms with E-state index < -0.39 is 0 Å². The van der Waals surface area contributed by atoms with Crippen LogP contribution in [0.25, 0.3) is 0 Å². The first-order valence-corrected chi connectivity index (χ1v) is 6.91. The van der Waals surface area contributed by atoms with Crippen LogP contribution in [0.2, 0.25) is 0 Å². The fourth-order valence-electron chi connectivity index (χ4n) is 2.78. The van der Waals surface area contributed by atoms with E-state index in [0.717, 1.165) is 12.2 Å². The van der Waals surface area contributed by atoms with Gasteiger partial charge in [-0.25, -0.2) is 0 Å². The number of hydrogen-bond donors (Lipinski definition) is 1. The van der Waals surface area contributed by atoms with E-state index >= 15 is 0 Å². The molecule has 0 saturated carbocycles. The summed E-state index contributed by atoms with van der Waals surface area (Å²) in [5, 5.41) is 4.59. The summed E-state index contributed by atoms with van der Waals surface area (Å²) in [6.45, 7) is 13.7. The molecule has 0 aliphatic heterocycles. The van der Waals surface area contributed by atoms with Gasteiger partial charge in [0.1, 0.15) is 0 Å². The van der Waals surface area contributed by atoms with Crippen molar-refractivity contribution in [2.45, 2.75) is 54.1 Å². The van der Waals surface area contributed by atoms with E-state index in [2.05, 4.69) is 73.6 Å². The summed E-state index contributed by atoms with van der Waals surface area (Å²) in [4.78, 5) is 0. The summed E-state index contributed by atoms with van der Waals surface area (Å²) in [6, 6.07) is 4.50. The molecule has 4 heteroatoms.